The summed E-state index contributed by atoms with van der Waals surface area (Å²) >= 11 is 0. The van der Waals surface area contributed by atoms with Crippen molar-refractivity contribution in [1.82, 2.24) is 5.32 Å². The standard InChI is InChI=1S/C33H36N2O6/c36-30(24-13-14-24)33(17-18-33)22-34-19-6-20-40-26-15-11-23(12-16-26)21-28(31(37)38)35-27-9-4-5-10-29(27)41-32(39)25-7-2-1-3-8-25/h1-5,7-12,15-16,24,28,34-35H,6,13-14,17-22H2,(H,37,38). The Morgan fingerprint density at radius 3 is 2.32 bits per heavy atom. The molecule has 0 bridgehead atoms. The van der Waals surface area contributed by atoms with Gasteiger partial charge >= 0.3 is 11.9 Å². The summed E-state index contributed by atoms with van der Waals surface area (Å²) in [5, 5.41) is 16.3. The molecule has 0 spiro atoms. The van der Waals surface area contributed by atoms with Gasteiger partial charge in [-0.2, -0.15) is 0 Å². The predicted octanol–water partition coefficient (Wildman–Crippen LogP) is 5.13. The van der Waals surface area contributed by atoms with Gasteiger partial charge < -0.3 is 25.2 Å². The molecule has 214 valence electrons. The molecule has 8 heteroatoms. The van der Waals surface area contributed by atoms with E-state index in [-0.39, 0.29) is 17.6 Å². The second-order valence-electron chi connectivity index (χ2n) is 10.9. The maximum atomic E-state index is 12.5. The minimum atomic E-state index is -1.02. The van der Waals surface area contributed by atoms with Crippen molar-refractivity contribution in [1.29, 1.82) is 0 Å². The molecule has 3 aromatic carbocycles. The number of ketones is 1. The molecule has 8 nitrogen and oxygen atoms in total. The lowest BCUT2D eigenvalue weighted by molar-refractivity contribution is -0.137. The molecule has 3 N–H and O–H groups in total. The number of carbonyl (C=O) groups excluding carboxylic acids is 2. The van der Waals surface area contributed by atoms with Gasteiger partial charge in [0.15, 0.2) is 5.75 Å². The molecule has 2 aliphatic carbocycles. The van der Waals surface area contributed by atoms with Crippen LogP contribution in [0.3, 0.4) is 0 Å². The Labute approximate surface area is 240 Å². The maximum Gasteiger partial charge on any atom is 0.343 e. The molecule has 0 aromatic heterocycles. The van der Waals surface area contributed by atoms with Crippen LogP contribution in [-0.4, -0.2) is 48.6 Å². The van der Waals surface area contributed by atoms with Crippen molar-refractivity contribution in [2.75, 3.05) is 25.0 Å². The first-order chi connectivity index (χ1) is 19.9. The number of anilines is 1. The SMILES string of the molecule is O=C(Oc1ccccc1NC(Cc1ccc(OCCCNCC2(C(=O)C3CC3)CC2)cc1)C(=O)O)c1ccccc1. The third-order valence-electron chi connectivity index (χ3n) is 7.64. The highest BCUT2D eigenvalue weighted by atomic mass is 16.5. The molecule has 1 unspecified atom stereocenters. The number of para-hydroxylation sites is 2. The van der Waals surface area contributed by atoms with Gasteiger partial charge in [0.1, 0.15) is 17.6 Å². The van der Waals surface area contributed by atoms with Crippen molar-refractivity contribution in [3.8, 4) is 11.5 Å². The highest BCUT2D eigenvalue weighted by Crippen LogP contribution is 2.51. The molecule has 3 aromatic rings. The smallest absolute Gasteiger partial charge is 0.343 e. The summed E-state index contributed by atoms with van der Waals surface area (Å²) in [7, 11) is 0. The number of carboxylic acid groups (broad SMARTS) is 1. The number of benzene rings is 3. The van der Waals surface area contributed by atoms with E-state index in [1.807, 2.05) is 30.3 Å². The molecular weight excluding hydrogens is 520 g/mol. The number of carboxylic acids is 1. The summed E-state index contributed by atoms with van der Waals surface area (Å²) in [6.07, 6.45) is 5.23. The maximum absolute atomic E-state index is 12.5. The fraction of sp³-hybridized carbons (Fsp3) is 0.364. The first-order valence-electron chi connectivity index (χ1n) is 14.3. The average Bonchev–Trinajstić information content (AvgIpc) is 3.92. The summed E-state index contributed by atoms with van der Waals surface area (Å²) < 4.78 is 11.4. The first-order valence-corrected chi connectivity index (χ1v) is 14.3. The third-order valence-corrected chi connectivity index (χ3v) is 7.64. The van der Waals surface area contributed by atoms with Gasteiger partial charge in [0.05, 0.1) is 17.9 Å². The highest BCUT2D eigenvalue weighted by Gasteiger charge is 2.53. The van der Waals surface area contributed by atoms with Crippen LogP contribution in [0.1, 0.15) is 48.0 Å². The van der Waals surface area contributed by atoms with Crippen LogP contribution < -0.4 is 20.1 Å². The van der Waals surface area contributed by atoms with Gasteiger partial charge in [-0.15, -0.1) is 0 Å². The van der Waals surface area contributed by atoms with Gasteiger partial charge in [-0.05, 0) is 80.6 Å². The Balaban J connectivity index is 1.08. The molecule has 0 aliphatic heterocycles. The van der Waals surface area contributed by atoms with Crippen LogP contribution in [0.5, 0.6) is 11.5 Å². The van der Waals surface area contributed by atoms with E-state index in [0.717, 1.165) is 50.8 Å². The Morgan fingerprint density at radius 2 is 1.63 bits per heavy atom. The molecule has 2 fully saturated rings. The molecule has 0 radical (unpaired) electrons. The molecule has 5 rings (SSSR count). The Morgan fingerprint density at radius 1 is 0.927 bits per heavy atom. The number of Topliss-reactive ketones (excluding diaryl/α,β-unsaturated/α-hetero) is 1. The van der Waals surface area contributed by atoms with Crippen molar-refractivity contribution in [3.63, 3.8) is 0 Å². The Hall–Kier alpha value is -4.17. The van der Waals surface area contributed by atoms with Crippen molar-refractivity contribution in [2.24, 2.45) is 11.3 Å². The highest BCUT2D eigenvalue weighted by molar-refractivity contribution is 5.92. The quantitative estimate of drug-likeness (QED) is 0.126. The summed E-state index contributed by atoms with van der Waals surface area (Å²) in [6, 6.07) is 21.9. The summed E-state index contributed by atoms with van der Waals surface area (Å²) in [5.41, 5.74) is 1.56. The van der Waals surface area contributed by atoms with Crippen molar-refractivity contribution in [2.45, 2.75) is 44.6 Å². The number of hydrogen-bond acceptors (Lipinski definition) is 7. The molecule has 0 heterocycles. The molecule has 2 aliphatic rings. The van der Waals surface area contributed by atoms with E-state index in [1.165, 1.54) is 0 Å². The van der Waals surface area contributed by atoms with E-state index in [0.29, 0.717) is 35.3 Å². The number of carbonyl (C=O) groups is 3. The van der Waals surface area contributed by atoms with Crippen LogP contribution in [0.25, 0.3) is 0 Å². The van der Waals surface area contributed by atoms with Crippen LogP contribution in [0, 0.1) is 11.3 Å². The van der Waals surface area contributed by atoms with Gasteiger partial charge in [-0.3, -0.25) is 4.79 Å². The van der Waals surface area contributed by atoms with Crippen LogP contribution in [-0.2, 0) is 16.0 Å². The second kappa shape index (κ2) is 13.0. The normalized spacial score (nSPS) is 15.9. The van der Waals surface area contributed by atoms with Crippen LogP contribution in [0.15, 0.2) is 78.9 Å². The monoisotopic (exact) mass is 556 g/mol. The Bertz CT molecular complexity index is 1350. The van der Waals surface area contributed by atoms with E-state index in [1.54, 1.807) is 48.5 Å². The van der Waals surface area contributed by atoms with Gasteiger partial charge in [0, 0.05) is 24.3 Å². The summed E-state index contributed by atoms with van der Waals surface area (Å²) in [4.78, 5) is 37.0. The summed E-state index contributed by atoms with van der Waals surface area (Å²) in [6.45, 7) is 2.12. The number of ether oxygens (including phenoxy) is 2. The zero-order valence-corrected chi connectivity index (χ0v) is 23.0. The second-order valence-corrected chi connectivity index (χ2v) is 10.9. The number of nitrogens with one attached hydrogen (secondary N) is 2. The molecule has 0 saturated heterocycles. The zero-order valence-electron chi connectivity index (χ0n) is 23.0. The molecule has 41 heavy (non-hydrogen) atoms. The lowest BCUT2D eigenvalue weighted by atomic mass is 9.97. The van der Waals surface area contributed by atoms with E-state index in [2.05, 4.69) is 10.6 Å². The van der Waals surface area contributed by atoms with E-state index in [4.69, 9.17) is 9.47 Å². The topological polar surface area (TPSA) is 114 Å². The largest absolute Gasteiger partial charge is 0.494 e. The number of rotatable bonds is 16. The van der Waals surface area contributed by atoms with Crippen molar-refractivity contribution >= 4 is 23.4 Å². The summed E-state index contributed by atoms with van der Waals surface area (Å²) in [5.74, 6) is 0.231. The van der Waals surface area contributed by atoms with Gasteiger partial charge in [0.25, 0.3) is 0 Å². The van der Waals surface area contributed by atoms with E-state index >= 15 is 0 Å². The van der Waals surface area contributed by atoms with E-state index in [9.17, 15) is 19.5 Å². The first kappa shape index (κ1) is 28.4. The van der Waals surface area contributed by atoms with Crippen LogP contribution in [0.2, 0.25) is 0 Å². The molecular formula is C33H36N2O6. The predicted molar refractivity (Wildman–Crippen MR) is 155 cm³/mol. The van der Waals surface area contributed by atoms with Crippen molar-refractivity contribution < 1.29 is 29.0 Å². The van der Waals surface area contributed by atoms with Crippen LogP contribution >= 0.6 is 0 Å². The fourth-order valence-electron chi connectivity index (χ4n) is 4.91. The van der Waals surface area contributed by atoms with Gasteiger partial charge in [-0.1, -0.05) is 42.5 Å². The van der Waals surface area contributed by atoms with E-state index < -0.39 is 18.0 Å². The third kappa shape index (κ3) is 7.73. The number of esters is 1. The van der Waals surface area contributed by atoms with Crippen molar-refractivity contribution in [3.05, 3.63) is 90.0 Å². The minimum absolute atomic E-state index is 0.0881. The molecule has 2 saturated carbocycles. The average molecular weight is 557 g/mol. The number of hydrogen-bond donors (Lipinski definition) is 3. The Kier molecular flexibility index (Phi) is 8.99. The lowest BCUT2D eigenvalue weighted by Crippen LogP contribution is -2.32. The fourth-order valence-corrected chi connectivity index (χ4v) is 4.91. The molecule has 1 atom stereocenters. The molecule has 0 amide bonds. The number of aliphatic carboxylic acids is 1. The lowest BCUT2D eigenvalue weighted by Gasteiger charge is -2.18. The minimum Gasteiger partial charge on any atom is -0.494 e. The zero-order chi connectivity index (χ0) is 28.7. The van der Waals surface area contributed by atoms with Gasteiger partial charge in [0.2, 0.25) is 0 Å². The van der Waals surface area contributed by atoms with Crippen LogP contribution in [0.4, 0.5) is 5.69 Å². The van der Waals surface area contributed by atoms with Gasteiger partial charge in [-0.25, -0.2) is 9.59 Å².